The first kappa shape index (κ1) is 16.6. The summed E-state index contributed by atoms with van der Waals surface area (Å²) in [6.45, 7) is 3.96. The van der Waals surface area contributed by atoms with Gasteiger partial charge in [0.15, 0.2) is 0 Å². The van der Waals surface area contributed by atoms with Crippen LogP contribution in [0.4, 0.5) is 11.8 Å². The number of aryl methyl sites for hydroxylation is 1. The molecular formula is C19H19N5O. The quantitative estimate of drug-likeness (QED) is 0.764. The second-order valence-corrected chi connectivity index (χ2v) is 5.63. The van der Waals surface area contributed by atoms with Gasteiger partial charge in [-0.3, -0.25) is 4.79 Å². The molecule has 0 atom stereocenters. The van der Waals surface area contributed by atoms with Crippen LogP contribution in [-0.4, -0.2) is 27.9 Å². The molecule has 0 aliphatic rings. The molecule has 1 amide bonds. The number of pyridine rings is 1. The molecule has 3 rings (SSSR count). The number of anilines is 2. The predicted molar refractivity (Wildman–Crippen MR) is 98.7 cm³/mol. The van der Waals surface area contributed by atoms with Crippen molar-refractivity contribution in [2.45, 2.75) is 13.8 Å². The molecule has 2 N–H and O–H groups in total. The van der Waals surface area contributed by atoms with Crippen molar-refractivity contribution in [3.63, 3.8) is 0 Å². The summed E-state index contributed by atoms with van der Waals surface area (Å²) < 4.78 is 0. The van der Waals surface area contributed by atoms with Gasteiger partial charge in [0.25, 0.3) is 5.91 Å². The van der Waals surface area contributed by atoms with Gasteiger partial charge >= 0.3 is 0 Å². The van der Waals surface area contributed by atoms with Crippen LogP contribution < -0.4 is 10.6 Å². The number of benzene rings is 1. The summed E-state index contributed by atoms with van der Waals surface area (Å²) in [4.78, 5) is 25.0. The Morgan fingerprint density at radius 3 is 2.36 bits per heavy atom. The summed E-state index contributed by atoms with van der Waals surface area (Å²) in [7, 11) is 1.72. The van der Waals surface area contributed by atoms with E-state index in [1.807, 2.05) is 50.2 Å². The third-order valence-electron chi connectivity index (χ3n) is 3.98. The first-order valence-corrected chi connectivity index (χ1v) is 7.93. The summed E-state index contributed by atoms with van der Waals surface area (Å²) in [6.07, 6.45) is 2.96. The number of nitrogens with one attached hydrogen (secondary N) is 2. The van der Waals surface area contributed by atoms with Gasteiger partial charge in [-0.25, -0.2) is 15.0 Å². The highest BCUT2D eigenvalue weighted by molar-refractivity contribution is 6.03. The number of nitrogens with zero attached hydrogens (tertiary/aromatic N) is 3. The van der Waals surface area contributed by atoms with Crippen molar-refractivity contribution in [1.82, 2.24) is 15.0 Å². The fraction of sp³-hybridized carbons (Fsp3) is 0.158. The minimum Gasteiger partial charge on any atom is -0.357 e. The maximum Gasteiger partial charge on any atom is 0.259 e. The number of carbonyl (C=O) groups excluding carboxylic acids is 1. The van der Waals surface area contributed by atoms with Crippen molar-refractivity contribution in [2.75, 3.05) is 17.7 Å². The average molecular weight is 333 g/mol. The monoisotopic (exact) mass is 333 g/mol. The highest BCUT2D eigenvalue weighted by Crippen LogP contribution is 2.27. The lowest BCUT2D eigenvalue weighted by molar-refractivity contribution is 0.102. The summed E-state index contributed by atoms with van der Waals surface area (Å²) >= 11 is 0. The molecule has 0 spiro atoms. The molecule has 0 unspecified atom stereocenters. The number of amides is 1. The summed E-state index contributed by atoms with van der Waals surface area (Å²) in [5.41, 5.74) is 4.47. The van der Waals surface area contributed by atoms with E-state index in [1.54, 1.807) is 7.05 Å². The molecule has 0 aliphatic carbocycles. The van der Waals surface area contributed by atoms with Crippen molar-refractivity contribution < 1.29 is 4.79 Å². The molecule has 0 saturated carbocycles. The largest absolute Gasteiger partial charge is 0.357 e. The number of hydrogen-bond acceptors (Lipinski definition) is 5. The zero-order chi connectivity index (χ0) is 17.8. The van der Waals surface area contributed by atoms with Crippen molar-refractivity contribution in [1.29, 1.82) is 0 Å². The van der Waals surface area contributed by atoms with E-state index in [1.165, 1.54) is 12.4 Å². The fourth-order valence-corrected chi connectivity index (χ4v) is 2.48. The second kappa shape index (κ2) is 7.09. The van der Waals surface area contributed by atoms with E-state index in [4.69, 9.17) is 0 Å². The zero-order valence-electron chi connectivity index (χ0n) is 14.4. The van der Waals surface area contributed by atoms with Gasteiger partial charge < -0.3 is 10.6 Å². The standard InChI is InChI=1S/C19H19N5O/c1-12-13(2)23-17(9-16(12)14-7-5-4-6-8-14)24-18(25)15-10-21-19(20-3)22-11-15/h4-11H,1-3H3,(H,20,21,22)(H,23,24,25). The summed E-state index contributed by atoms with van der Waals surface area (Å²) in [6, 6.07) is 11.9. The van der Waals surface area contributed by atoms with Crippen LogP contribution in [0.25, 0.3) is 11.1 Å². The molecule has 1 aromatic carbocycles. The maximum absolute atomic E-state index is 12.4. The van der Waals surface area contributed by atoms with Crippen LogP contribution in [0.15, 0.2) is 48.8 Å². The molecule has 6 heteroatoms. The van der Waals surface area contributed by atoms with Gasteiger partial charge in [0, 0.05) is 25.1 Å². The predicted octanol–water partition coefficient (Wildman–Crippen LogP) is 3.45. The van der Waals surface area contributed by atoms with Crippen molar-refractivity contribution in [3.8, 4) is 11.1 Å². The van der Waals surface area contributed by atoms with Crippen LogP contribution in [0.5, 0.6) is 0 Å². The number of rotatable bonds is 4. The topological polar surface area (TPSA) is 79.8 Å². The normalized spacial score (nSPS) is 10.4. The molecule has 0 bridgehead atoms. The lowest BCUT2D eigenvalue weighted by Crippen LogP contribution is -2.14. The van der Waals surface area contributed by atoms with E-state index in [0.717, 1.165) is 22.4 Å². The Bertz CT molecular complexity index is 892. The van der Waals surface area contributed by atoms with Gasteiger partial charge in [-0.15, -0.1) is 0 Å². The molecule has 3 aromatic rings. The zero-order valence-corrected chi connectivity index (χ0v) is 14.4. The first-order chi connectivity index (χ1) is 12.1. The van der Waals surface area contributed by atoms with Gasteiger partial charge in [-0.1, -0.05) is 30.3 Å². The Balaban J connectivity index is 1.89. The van der Waals surface area contributed by atoms with E-state index in [-0.39, 0.29) is 5.91 Å². The van der Waals surface area contributed by atoms with Crippen LogP contribution in [0, 0.1) is 13.8 Å². The lowest BCUT2D eigenvalue weighted by Gasteiger charge is -2.12. The SMILES string of the molecule is CNc1ncc(C(=O)Nc2cc(-c3ccccc3)c(C)c(C)n2)cn1. The van der Waals surface area contributed by atoms with Crippen LogP contribution in [0.2, 0.25) is 0 Å². The minimum atomic E-state index is -0.294. The van der Waals surface area contributed by atoms with Gasteiger partial charge in [-0.05, 0) is 36.6 Å². The molecule has 0 saturated heterocycles. The van der Waals surface area contributed by atoms with E-state index in [2.05, 4.69) is 25.6 Å². The Kier molecular flexibility index (Phi) is 4.70. The van der Waals surface area contributed by atoms with Crippen LogP contribution >= 0.6 is 0 Å². The third kappa shape index (κ3) is 3.63. The number of hydrogen-bond donors (Lipinski definition) is 2. The van der Waals surface area contributed by atoms with Gasteiger partial charge in [0.05, 0.1) is 5.56 Å². The second-order valence-electron chi connectivity index (χ2n) is 5.63. The third-order valence-corrected chi connectivity index (χ3v) is 3.98. The molecule has 0 radical (unpaired) electrons. The Hall–Kier alpha value is -3.28. The van der Waals surface area contributed by atoms with Crippen molar-refractivity contribution in [2.24, 2.45) is 0 Å². The van der Waals surface area contributed by atoms with Crippen LogP contribution in [0.1, 0.15) is 21.6 Å². The Labute approximate surface area is 146 Å². The Morgan fingerprint density at radius 1 is 1.04 bits per heavy atom. The maximum atomic E-state index is 12.4. The van der Waals surface area contributed by atoms with E-state index in [9.17, 15) is 4.79 Å². The lowest BCUT2D eigenvalue weighted by atomic mass is 10.0. The fourth-order valence-electron chi connectivity index (χ4n) is 2.48. The smallest absolute Gasteiger partial charge is 0.259 e. The highest BCUT2D eigenvalue weighted by Gasteiger charge is 2.12. The molecule has 0 aliphatic heterocycles. The molecule has 2 heterocycles. The number of carbonyl (C=O) groups is 1. The number of aromatic nitrogens is 3. The minimum absolute atomic E-state index is 0.294. The van der Waals surface area contributed by atoms with Gasteiger partial charge in [-0.2, -0.15) is 0 Å². The highest BCUT2D eigenvalue weighted by atomic mass is 16.1. The van der Waals surface area contributed by atoms with Crippen LogP contribution in [0.3, 0.4) is 0 Å². The van der Waals surface area contributed by atoms with Gasteiger partial charge in [0.1, 0.15) is 5.82 Å². The molecule has 2 aromatic heterocycles. The summed E-state index contributed by atoms with van der Waals surface area (Å²) in [5, 5.41) is 5.64. The first-order valence-electron chi connectivity index (χ1n) is 7.93. The van der Waals surface area contributed by atoms with Crippen molar-refractivity contribution >= 4 is 17.7 Å². The molecule has 6 nitrogen and oxygen atoms in total. The average Bonchev–Trinajstić information content (AvgIpc) is 2.65. The molecular weight excluding hydrogens is 314 g/mol. The van der Waals surface area contributed by atoms with Gasteiger partial charge in [0.2, 0.25) is 5.95 Å². The van der Waals surface area contributed by atoms with E-state index < -0.39 is 0 Å². The molecule has 25 heavy (non-hydrogen) atoms. The molecule has 0 fully saturated rings. The van der Waals surface area contributed by atoms with Crippen molar-refractivity contribution in [3.05, 3.63) is 65.6 Å². The van der Waals surface area contributed by atoms with E-state index >= 15 is 0 Å². The Morgan fingerprint density at radius 2 is 1.72 bits per heavy atom. The van der Waals surface area contributed by atoms with Crippen LogP contribution in [-0.2, 0) is 0 Å². The van der Waals surface area contributed by atoms with E-state index in [0.29, 0.717) is 17.3 Å². The molecule has 126 valence electrons. The summed E-state index contributed by atoms with van der Waals surface area (Å²) in [5.74, 6) is 0.675.